The van der Waals surface area contributed by atoms with Crippen molar-refractivity contribution in [3.05, 3.63) is 76.0 Å². The third-order valence-corrected chi connectivity index (χ3v) is 8.85. The van der Waals surface area contributed by atoms with Crippen molar-refractivity contribution >= 4 is 17.7 Å². The van der Waals surface area contributed by atoms with Gasteiger partial charge >= 0.3 is 5.97 Å². The Bertz CT molecular complexity index is 1260. The molecule has 5 rings (SSSR count). The van der Waals surface area contributed by atoms with Crippen molar-refractivity contribution in [2.75, 3.05) is 5.75 Å². The summed E-state index contributed by atoms with van der Waals surface area (Å²) in [5.41, 5.74) is 10.1. The van der Waals surface area contributed by atoms with E-state index in [1.807, 2.05) is 6.07 Å². The Morgan fingerprint density at radius 3 is 2.50 bits per heavy atom. The number of hydrogen-bond acceptors (Lipinski definition) is 4. The molecule has 1 saturated carbocycles. The summed E-state index contributed by atoms with van der Waals surface area (Å²) in [6, 6.07) is 13.5. The van der Waals surface area contributed by atoms with Gasteiger partial charge in [0.1, 0.15) is 6.61 Å². The Balaban J connectivity index is 1.33. The molecule has 1 N–H and O–H groups in total. The quantitative estimate of drug-likeness (QED) is 0.356. The molecule has 0 amide bonds. The lowest BCUT2D eigenvalue weighted by Gasteiger charge is -2.24. The van der Waals surface area contributed by atoms with Gasteiger partial charge < -0.3 is 9.84 Å². The normalized spacial score (nSPS) is 17.7. The molecule has 1 atom stereocenters. The maximum atomic E-state index is 11.1. The van der Waals surface area contributed by atoms with Gasteiger partial charge in [0.2, 0.25) is 5.88 Å². The lowest BCUT2D eigenvalue weighted by Crippen LogP contribution is -2.06. The average molecular weight is 502 g/mol. The van der Waals surface area contributed by atoms with E-state index in [2.05, 4.69) is 56.1 Å². The van der Waals surface area contributed by atoms with Crippen LogP contribution in [-0.2, 0) is 11.4 Å². The number of carbonyl (C=O) groups is 1. The van der Waals surface area contributed by atoms with Crippen LogP contribution in [-0.4, -0.2) is 21.8 Å². The van der Waals surface area contributed by atoms with Gasteiger partial charge in [-0.1, -0.05) is 49.1 Å². The number of rotatable bonds is 7. The van der Waals surface area contributed by atoms with Gasteiger partial charge in [0.15, 0.2) is 0 Å². The van der Waals surface area contributed by atoms with E-state index in [9.17, 15) is 4.79 Å². The smallest absolute Gasteiger partial charge is 0.303 e. The van der Waals surface area contributed by atoms with Gasteiger partial charge in [0.25, 0.3) is 0 Å². The number of aromatic nitrogens is 1. The number of ether oxygens (including phenoxy) is 1. The Morgan fingerprint density at radius 2 is 1.78 bits per heavy atom. The second-order valence-electron chi connectivity index (χ2n) is 10.5. The van der Waals surface area contributed by atoms with Crippen molar-refractivity contribution in [1.29, 1.82) is 0 Å². The van der Waals surface area contributed by atoms with E-state index < -0.39 is 5.97 Å². The summed E-state index contributed by atoms with van der Waals surface area (Å²) < 4.78 is 6.10. The first-order valence-corrected chi connectivity index (χ1v) is 14.1. The van der Waals surface area contributed by atoms with Crippen LogP contribution in [0.5, 0.6) is 5.88 Å². The zero-order valence-corrected chi connectivity index (χ0v) is 22.3. The molecule has 2 heterocycles. The molecule has 5 heteroatoms. The fourth-order valence-corrected chi connectivity index (χ4v) is 7.22. The van der Waals surface area contributed by atoms with Crippen molar-refractivity contribution in [1.82, 2.24) is 4.98 Å². The van der Waals surface area contributed by atoms with Crippen LogP contribution in [0, 0.1) is 20.8 Å². The molecule has 36 heavy (non-hydrogen) atoms. The number of benzene rings is 2. The molecule has 0 bridgehead atoms. The molecule has 1 fully saturated rings. The van der Waals surface area contributed by atoms with Crippen molar-refractivity contribution in [3.63, 3.8) is 0 Å². The van der Waals surface area contributed by atoms with Crippen molar-refractivity contribution in [2.24, 2.45) is 0 Å². The summed E-state index contributed by atoms with van der Waals surface area (Å²) in [6.45, 7) is 7.08. The molecule has 4 nitrogen and oxygen atoms in total. The number of aryl methyl sites for hydroxylation is 3. The zero-order chi connectivity index (χ0) is 25.2. The summed E-state index contributed by atoms with van der Waals surface area (Å²) in [5, 5.41) is 9.14. The highest BCUT2D eigenvalue weighted by atomic mass is 32.2. The summed E-state index contributed by atoms with van der Waals surface area (Å²) >= 11 is 1.69. The van der Waals surface area contributed by atoms with E-state index in [4.69, 9.17) is 9.84 Å². The Labute approximate surface area is 218 Å². The zero-order valence-electron chi connectivity index (χ0n) is 21.5. The summed E-state index contributed by atoms with van der Waals surface area (Å²) in [6.07, 6.45) is 8.67. The van der Waals surface area contributed by atoms with Crippen LogP contribution in [0.3, 0.4) is 0 Å². The van der Waals surface area contributed by atoms with Gasteiger partial charge in [0.05, 0.1) is 6.42 Å². The van der Waals surface area contributed by atoms with Crippen LogP contribution in [0.15, 0.2) is 47.5 Å². The number of hydrogen-bond donors (Lipinski definition) is 1. The predicted molar refractivity (Wildman–Crippen MR) is 146 cm³/mol. The Hall–Kier alpha value is -2.79. The third kappa shape index (κ3) is 5.46. The second-order valence-corrected chi connectivity index (χ2v) is 11.6. The van der Waals surface area contributed by atoms with Gasteiger partial charge in [0, 0.05) is 28.8 Å². The monoisotopic (exact) mass is 501 g/mol. The SMILES string of the molecule is Cc1cc(COc2cc3c(cn2)[C@H](CC(=O)O)CS3)cc(-c2c(C)cc(C3CCCCC3)cc2C)c1. The molecule has 0 saturated heterocycles. The van der Waals surface area contributed by atoms with Gasteiger partial charge in [-0.05, 0) is 84.5 Å². The molecule has 1 aliphatic heterocycles. The Kier molecular flexibility index (Phi) is 7.38. The van der Waals surface area contributed by atoms with Crippen molar-refractivity contribution < 1.29 is 14.6 Å². The van der Waals surface area contributed by atoms with Gasteiger partial charge in [-0.15, -0.1) is 11.8 Å². The molecule has 1 aromatic heterocycles. The maximum Gasteiger partial charge on any atom is 0.303 e. The van der Waals surface area contributed by atoms with Gasteiger partial charge in [-0.25, -0.2) is 4.98 Å². The second kappa shape index (κ2) is 10.7. The van der Waals surface area contributed by atoms with E-state index >= 15 is 0 Å². The van der Waals surface area contributed by atoms with Crippen LogP contribution in [0.2, 0.25) is 0 Å². The van der Waals surface area contributed by atoms with Gasteiger partial charge in [-0.2, -0.15) is 0 Å². The van der Waals surface area contributed by atoms with E-state index in [0.29, 0.717) is 18.4 Å². The molecule has 188 valence electrons. The van der Waals surface area contributed by atoms with Crippen molar-refractivity contribution in [3.8, 4) is 17.0 Å². The maximum absolute atomic E-state index is 11.1. The van der Waals surface area contributed by atoms with Crippen LogP contribution >= 0.6 is 11.8 Å². The summed E-state index contributed by atoms with van der Waals surface area (Å²) in [4.78, 5) is 16.7. The molecular formula is C31H35NO3S. The number of nitrogens with zero attached hydrogens (tertiary/aromatic N) is 1. The lowest BCUT2D eigenvalue weighted by molar-refractivity contribution is -0.137. The minimum absolute atomic E-state index is 0.0272. The van der Waals surface area contributed by atoms with Crippen molar-refractivity contribution in [2.45, 2.75) is 82.6 Å². The van der Waals surface area contributed by atoms with E-state index in [0.717, 1.165) is 21.8 Å². The minimum Gasteiger partial charge on any atom is -0.481 e. The van der Waals surface area contributed by atoms with E-state index in [1.54, 1.807) is 18.0 Å². The number of carboxylic acid groups (broad SMARTS) is 1. The highest BCUT2D eigenvalue weighted by Gasteiger charge is 2.26. The van der Waals surface area contributed by atoms with Crippen LogP contribution in [0.1, 0.15) is 83.7 Å². The number of aliphatic carboxylic acids is 1. The lowest BCUT2D eigenvalue weighted by atomic mass is 9.81. The number of carboxylic acids is 1. The first-order valence-electron chi connectivity index (χ1n) is 13.1. The van der Waals surface area contributed by atoms with Crippen LogP contribution in [0.4, 0.5) is 0 Å². The highest BCUT2D eigenvalue weighted by Crippen LogP contribution is 2.42. The molecule has 2 aromatic carbocycles. The molecule has 0 radical (unpaired) electrons. The molecule has 3 aromatic rings. The third-order valence-electron chi connectivity index (χ3n) is 7.61. The van der Waals surface area contributed by atoms with E-state index in [-0.39, 0.29) is 12.3 Å². The fraction of sp³-hybridized carbons (Fsp3) is 0.419. The summed E-state index contributed by atoms with van der Waals surface area (Å²) in [7, 11) is 0. The topological polar surface area (TPSA) is 59.4 Å². The fourth-order valence-electron chi connectivity index (χ4n) is 5.97. The molecule has 0 unspecified atom stereocenters. The Morgan fingerprint density at radius 1 is 1.03 bits per heavy atom. The first-order chi connectivity index (χ1) is 17.4. The number of fused-ring (bicyclic) bond motifs is 1. The van der Waals surface area contributed by atoms with Gasteiger partial charge in [-0.3, -0.25) is 4.79 Å². The number of pyridine rings is 1. The molecule has 1 aliphatic carbocycles. The average Bonchev–Trinajstić information content (AvgIpc) is 3.24. The van der Waals surface area contributed by atoms with Crippen LogP contribution < -0.4 is 4.74 Å². The van der Waals surface area contributed by atoms with E-state index in [1.165, 1.54) is 65.5 Å². The molecule has 2 aliphatic rings. The first kappa shape index (κ1) is 24.9. The minimum atomic E-state index is -0.766. The molecular weight excluding hydrogens is 466 g/mol. The standard InChI is InChI=1S/C31H35NO3S/c1-19-9-22(17-35-29-15-28-27(16-32-29)26(18-36-28)14-30(33)34)13-25(10-19)31-20(2)11-24(12-21(31)3)23-7-5-4-6-8-23/h9-13,15-16,23,26H,4-8,14,17-18H2,1-3H3,(H,33,34)/t26-/m1/s1. The summed E-state index contributed by atoms with van der Waals surface area (Å²) in [5.74, 6) is 1.35. The largest absolute Gasteiger partial charge is 0.481 e. The predicted octanol–water partition coefficient (Wildman–Crippen LogP) is 7.96. The highest BCUT2D eigenvalue weighted by molar-refractivity contribution is 7.99. The van der Waals surface area contributed by atoms with Crippen LogP contribution in [0.25, 0.3) is 11.1 Å². The number of thioether (sulfide) groups is 1. The molecule has 0 spiro atoms.